The molecular formula is C23H17BrFN3O2. The average Bonchev–Trinajstić information content (AvgIpc) is 2.75. The maximum Gasteiger partial charge on any atom is 0.282 e. The number of hydrogen-bond acceptors (Lipinski definition) is 4. The van der Waals surface area contributed by atoms with Gasteiger partial charge in [0.15, 0.2) is 0 Å². The summed E-state index contributed by atoms with van der Waals surface area (Å²) in [6.07, 6.45) is 1.60. The monoisotopic (exact) mass is 465 g/mol. The first-order valence-corrected chi connectivity index (χ1v) is 9.99. The molecule has 4 rings (SSSR count). The van der Waals surface area contributed by atoms with Crippen LogP contribution in [0, 0.1) is 12.7 Å². The van der Waals surface area contributed by atoms with Crippen molar-refractivity contribution < 1.29 is 9.13 Å². The molecule has 0 fully saturated rings. The fourth-order valence-corrected chi connectivity index (χ4v) is 3.28. The molecule has 0 aliphatic heterocycles. The Labute approximate surface area is 180 Å². The van der Waals surface area contributed by atoms with Gasteiger partial charge in [-0.05, 0) is 72.6 Å². The van der Waals surface area contributed by atoms with Gasteiger partial charge in [0.25, 0.3) is 5.56 Å². The number of aromatic nitrogens is 2. The van der Waals surface area contributed by atoms with E-state index in [1.165, 1.54) is 16.8 Å². The Bertz CT molecular complexity index is 1280. The Morgan fingerprint density at radius 3 is 2.57 bits per heavy atom. The number of hydrogen-bond donors (Lipinski definition) is 0. The number of nitrogens with zero attached hydrogens (tertiary/aromatic N) is 3. The highest BCUT2D eigenvalue weighted by atomic mass is 79.9. The molecule has 0 radical (unpaired) electrons. The number of aryl methyl sites for hydroxylation is 1. The summed E-state index contributed by atoms with van der Waals surface area (Å²) in [4.78, 5) is 17.2. The van der Waals surface area contributed by atoms with E-state index in [2.05, 4.69) is 26.0 Å². The lowest BCUT2D eigenvalue weighted by atomic mass is 10.2. The Morgan fingerprint density at radius 2 is 1.83 bits per heavy atom. The van der Waals surface area contributed by atoms with Gasteiger partial charge < -0.3 is 4.74 Å². The SMILES string of the molecule is Cc1nc2ccc(Br)cc2c(=O)n1N=Cc1ccc(OCc2ccc(F)cc2)cc1. The standard InChI is InChI=1S/C23H17BrFN3O2/c1-15-27-22-11-6-18(24)12-21(22)23(29)28(15)26-13-16-4-9-20(10-5-16)30-14-17-2-7-19(25)8-3-17/h2-13H,14H2,1H3. The zero-order valence-electron chi connectivity index (χ0n) is 16.0. The molecule has 0 N–H and O–H groups in total. The maximum atomic E-state index is 13.0. The maximum absolute atomic E-state index is 13.0. The third kappa shape index (κ3) is 4.46. The van der Waals surface area contributed by atoms with E-state index in [4.69, 9.17) is 4.74 Å². The molecule has 0 aliphatic rings. The summed E-state index contributed by atoms with van der Waals surface area (Å²) in [7, 11) is 0. The Hall–Kier alpha value is -3.32. The molecule has 7 heteroatoms. The second kappa shape index (κ2) is 8.59. The van der Waals surface area contributed by atoms with Crippen molar-refractivity contribution in [1.82, 2.24) is 9.66 Å². The highest BCUT2D eigenvalue weighted by molar-refractivity contribution is 9.10. The number of halogens is 2. The van der Waals surface area contributed by atoms with Crippen LogP contribution in [0.25, 0.3) is 10.9 Å². The summed E-state index contributed by atoms with van der Waals surface area (Å²) in [5.74, 6) is 0.915. The average molecular weight is 466 g/mol. The highest BCUT2D eigenvalue weighted by Gasteiger charge is 2.07. The van der Waals surface area contributed by atoms with Crippen LogP contribution in [-0.2, 0) is 6.61 Å². The molecule has 1 aromatic heterocycles. The van der Waals surface area contributed by atoms with E-state index < -0.39 is 0 Å². The van der Waals surface area contributed by atoms with Crippen molar-refractivity contribution in [2.24, 2.45) is 5.10 Å². The molecule has 30 heavy (non-hydrogen) atoms. The van der Waals surface area contributed by atoms with Crippen molar-refractivity contribution in [3.8, 4) is 5.75 Å². The van der Waals surface area contributed by atoms with Gasteiger partial charge in [0.05, 0.1) is 17.1 Å². The number of rotatable bonds is 5. The van der Waals surface area contributed by atoms with Crippen LogP contribution in [0.4, 0.5) is 4.39 Å². The summed E-state index contributed by atoms with van der Waals surface area (Å²) in [6, 6.07) is 18.9. The van der Waals surface area contributed by atoms with Crippen LogP contribution in [0.3, 0.4) is 0 Å². The minimum absolute atomic E-state index is 0.227. The first kappa shape index (κ1) is 20.0. The van der Waals surface area contributed by atoms with E-state index in [0.717, 1.165) is 15.6 Å². The summed E-state index contributed by atoms with van der Waals surface area (Å²) in [5, 5.41) is 4.81. The van der Waals surface area contributed by atoms with Crippen molar-refractivity contribution in [2.45, 2.75) is 13.5 Å². The second-order valence-corrected chi connectivity index (χ2v) is 7.58. The predicted molar refractivity (Wildman–Crippen MR) is 119 cm³/mol. The van der Waals surface area contributed by atoms with Crippen LogP contribution in [0.15, 0.2) is 81.1 Å². The van der Waals surface area contributed by atoms with Gasteiger partial charge in [-0.2, -0.15) is 9.78 Å². The molecule has 5 nitrogen and oxygen atoms in total. The Balaban J connectivity index is 1.50. The van der Waals surface area contributed by atoms with Crippen LogP contribution in [-0.4, -0.2) is 15.9 Å². The fraction of sp³-hybridized carbons (Fsp3) is 0.0870. The van der Waals surface area contributed by atoms with Crippen LogP contribution < -0.4 is 10.3 Å². The van der Waals surface area contributed by atoms with Crippen molar-refractivity contribution in [3.05, 3.63) is 104 Å². The van der Waals surface area contributed by atoms with Crippen LogP contribution >= 0.6 is 15.9 Å². The molecule has 0 amide bonds. The smallest absolute Gasteiger partial charge is 0.282 e. The zero-order valence-corrected chi connectivity index (χ0v) is 17.6. The second-order valence-electron chi connectivity index (χ2n) is 6.67. The van der Waals surface area contributed by atoms with Gasteiger partial charge in [-0.15, -0.1) is 0 Å². The minimum atomic E-state index is -0.272. The van der Waals surface area contributed by atoms with Gasteiger partial charge in [-0.3, -0.25) is 4.79 Å². The van der Waals surface area contributed by atoms with Crippen LogP contribution in [0.1, 0.15) is 17.0 Å². The molecule has 150 valence electrons. The van der Waals surface area contributed by atoms with E-state index in [-0.39, 0.29) is 11.4 Å². The number of ether oxygens (including phenoxy) is 1. The van der Waals surface area contributed by atoms with Crippen molar-refractivity contribution >= 4 is 33.0 Å². The van der Waals surface area contributed by atoms with Gasteiger partial charge in [-0.1, -0.05) is 28.1 Å². The van der Waals surface area contributed by atoms with Crippen LogP contribution in [0.2, 0.25) is 0 Å². The lowest BCUT2D eigenvalue weighted by Crippen LogP contribution is -2.20. The van der Waals surface area contributed by atoms with E-state index in [0.29, 0.717) is 29.1 Å². The molecule has 3 aromatic carbocycles. The molecule has 0 aliphatic carbocycles. The van der Waals surface area contributed by atoms with Gasteiger partial charge in [-0.25, -0.2) is 9.37 Å². The molecule has 4 aromatic rings. The molecule has 0 bridgehead atoms. The van der Waals surface area contributed by atoms with Crippen molar-refractivity contribution in [2.75, 3.05) is 0 Å². The lowest BCUT2D eigenvalue weighted by molar-refractivity contribution is 0.306. The summed E-state index contributed by atoms with van der Waals surface area (Å²) >= 11 is 3.38. The third-order valence-electron chi connectivity index (χ3n) is 4.49. The zero-order chi connectivity index (χ0) is 21.1. The summed E-state index contributed by atoms with van der Waals surface area (Å²) < 4.78 is 20.8. The fourth-order valence-electron chi connectivity index (χ4n) is 2.92. The van der Waals surface area contributed by atoms with Gasteiger partial charge in [0.2, 0.25) is 0 Å². The molecule has 0 saturated heterocycles. The topological polar surface area (TPSA) is 56.5 Å². The van der Waals surface area contributed by atoms with Crippen molar-refractivity contribution in [3.63, 3.8) is 0 Å². The summed E-state index contributed by atoms with van der Waals surface area (Å²) in [5.41, 5.74) is 2.10. The van der Waals surface area contributed by atoms with E-state index in [1.807, 2.05) is 30.3 Å². The number of fused-ring (bicyclic) bond motifs is 1. The molecule has 0 saturated carbocycles. The van der Waals surface area contributed by atoms with E-state index in [9.17, 15) is 9.18 Å². The Morgan fingerprint density at radius 1 is 1.10 bits per heavy atom. The van der Waals surface area contributed by atoms with Gasteiger partial charge in [0.1, 0.15) is 24.0 Å². The van der Waals surface area contributed by atoms with Crippen molar-refractivity contribution in [1.29, 1.82) is 0 Å². The third-order valence-corrected chi connectivity index (χ3v) is 4.98. The normalized spacial score (nSPS) is 11.3. The Kier molecular flexibility index (Phi) is 5.72. The lowest BCUT2D eigenvalue weighted by Gasteiger charge is -2.07. The van der Waals surface area contributed by atoms with Crippen LogP contribution in [0.5, 0.6) is 5.75 Å². The largest absolute Gasteiger partial charge is 0.489 e. The molecular weight excluding hydrogens is 449 g/mol. The molecule has 1 heterocycles. The van der Waals surface area contributed by atoms with E-state index in [1.54, 1.807) is 37.4 Å². The first-order chi connectivity index (χ1) is 14.5. The predicted octanol–water partition coefficient (Wildman–Crippen LogP) is 5.07. The highest BCUT2D eigenvalue weighted by Crippen LogP contribution is 2.16. The molecule has 0 spiro atoms. The quantitative estimate of drug-likeness (QED) is 0.386. The van der Waals surface area contributed by atoms with E-state index >= 15 is 0 Å². The van der Waals surface area contributed by atoms with Gasteiger partial charge in [0, 0.05) is 4.47 Å². The molecule has 0 atom stereocenters. The first-order valence-electron chi connectivity index (χ1n) is 9.20. The molecule has 0 unspecified atom stereocenters. The summed E-state index contributed by atoms with van der Waals surface area (Å²) in [6.45, 7) is 2.09. The van der Waals surface area contributed by atoms with Gasteiger partial charge >= 0.3 is 0 Å². The minimum Gasteiger partial charge on any atom is -0.489 e. The number of benzene rings is 3.